The molecule has 272 valence electrons. The van der Waals surface area contributed by atoms with E-state index in [0.29, 0.717) is 45.9 Å². The van der Waals surface area contributed by atoms with Gasteiger partial charge in [-0.25, -0.2) is 0 Å². The Hall–Kier alpha value is -1.98. The van der Waals surface area contributed by atoms with Crippen LogP contribution in [0.3, 0.4) is 0 Å². The molecule has 50 heavy (non-hydrogen) atoms. The van der Waals surface area contributed by atoms with E-state index in [2.05, 4.69) is 50.1 Å². The third kappa shape index (κ3) is 10.1. The highest BCUT2D eigenvalue weighted by Crippen LogP contribution is 2.34. The highest BCUT2D eigenvalue weighted by atomic mass is 127. The molecule has 0 aromatic heterocycles. The molecule has 5 aliphatic heterocycles. The summed E-state index contributed by atoms with van der Waals surface area (Å²) in [7, 11) is 0. The number of nitrogens with two attached hydrogens (primary N) is 1. The fourth-order valence-electron chi connectivity index (χ4n) is 7.67. The molecule has 2 amide bonds. The highest BCUT2D eigenvalue weighted by Gasteiger charge is 2.48. The highest BCUT2D eigenvalue weighted by molar-refractivity contribution is 14.1. The molecule has 0 radical (unpaired) electrons. The van der Waals surface area contributed by atoms with Crippen molar-refractivity contribution in [2.75, 3.05) is 48.4 Å². The Balaban J connectivity index is 0.000000170. The smallest absolute Gasteiger partial charge is 0.290 e. The molecule has 10 nitrogen and oxygen atoms in total. The summed E-state index contributed by atoms with van der Waals surface area (Å²) in [6, 6.07) is 19.6. The van der Waals surface area contributed by atoms with Crippen LogP contribution in [0.1, 0.15) is 49.7 Å². The molecule has 2 aromatic rings. The fraction of sp³-hybridized carbons (Fsp3) is 0.579. The summed E-state index contributed by atoms with van der Waals surface area (Å²) in [6.45, 7) is 5.23. The van der Waals surface area contributed by atoms with Crippen molar-refractivity contribution in [2.45, 2.75) is 75.8 Å². The molecule has 0 spiro atoms. The SMILES string of the molecule is ICCCCI.N[C@H]1COC[C@@H]2[C@@H]1CC(=O)C(=O)N2Cc1ccccc1.O=C1C[C@H]2[C@@H](COC[C@@H]2N2CCCC2)N(Cc2ccccc2)C1=O. The molecule has 0 bridgehead atoms. The van der Waals surface area contributed by atoms with Crippen molar-refractivity contribution >= 4 is 68.6 Å². The van der Waals surface area contributed by atoms with Crippen LogP contribution in [-0.4, -0.2) is 111 Å². The molecular formula is C38H50I2N4O6. The number of ether oxygens (including phenoxy) is 2. The number of likely N-dealkylation sites (tertiary alicyclic amines) is 3. The van der Waals surface area contributed by atoms with E-state index in [-0.39, 0.29) is 59.9 Å². The second-order valence-electron chi connectivity index (χ2n) is 13.7. The number of carbonyl (C=O) groups excluding carboxylic acids is 4. The fourth-order valence-corrected chi connectivity index (χ4v) is 8.75. The van der Waals surface area contributed by atoms with Gasteiger partial charge in [0.25, 0.3) is 11.8 Å². The van der Waals surface area contributed by atoms with Crippen LogP contribution in [-0.2, 0) is 41.7 Å². The van der Waals surface area contributed by atoms with Gasteiger partial charge >= 0.3 is 0 Å². The van der Waals surface area contributed by atoms with Crippen LogP contribution >= 0.6 is 45.2 Å². The minimum absolute atomic E-state index is 0.00903. The minimum Gasteiger partial charge on any atom is -0.378 e. The van der Waals surface area contributed by atoms with Gasteiger partial charge in [-0.1, -0.05) is 106 Å². The van der Waals surface area contributed by atoms with Crippen molar-refractivity contribution in [2.24, 2.45) is 17.6 Å². The summed E-state index contributed by atoms with van der Waals surface area (Å²) >= 11 is 4.81. The topological polar surface area (TPSA) is 122 Å². The van der Waals surface area contributed by atoms with E-state index in [4.69, 9.17) is 15.2 Å². The predicted octanol–water partition coefficient (Wildman–Crippen LogP) is 4.43. The van der Waals surface area contributed by atoms with E-state index in [1.54, 1.807) is 9.80 Å². The van der Waals surface area contributed by atoms with Crippen molar-refractivity contribution in [3.8, 4) is 0 Å². The zero-order chi connectivity index (χ0) is 35.5. The molecule has 2 N–H and O–H groups in total. The zero-order valence-corrected chi connectivity index (χ0v) is 33.0. The molecule has 5 aliphatic rings. The van der Waals surface area contributed by atoms with Crippen LogP contribution in [0.15, 0.2) is 60.7 Å². The number of benzene rings is 2. The number of carbonyl (C=O) groups is 4. The molecular weight excluding hydrogens is 862 g/mol. The lowest BCUT2D eigenvalue weighted by Gasteiger charge is -2.48. The third-order valence-corrected chi connectivity index (χ3v) is 11.9. The van der Waals surface area contributed by atoms with E-state index in [9.17, 15) is 19.2 Å². The molecule has 2 aromatic carbocycles. The van der Waals surface area contributed by atoms with Crippen molar-refractivity contribution < 1.29 is 28.7 Å². The molecule has 5 saturated heterocycles. The van der Waals surface area contributed by atoms with Gasteiger partial charge in [-0.15, -0.1) is 0 Å². The summed E-state index contributed by atoms with van der Waals surface area (Å²) in [5, 5.41) is 0. The number of alkyl halides is 2. The van der Waals surface area contributed by atoms with E-state index >= 15 is 0 Å². The first-order valence-electron chi connectivity index (χ1n) is 17.8. The normalized spacial score (nSPS) is 28.2. The maximum absolute atomic E-state index is 12.5. The lowest BCUT2D eigenvalue weighted by Crippen LogP contribution is -2.63. The standard InChI is InChI=1S/C19H24N2O3.C15H18N2O3.C4H8I2/c22-18-10-15-16(20-8-4-5-9-20)12-24-13-17(15)21(19(18)23)11-14-6-2-1-3-7-14;16-12-8-20-9-13-11(12)6-14(18)15(19)17(13)7-10-4-2-1-3-5-10;5-3-1-2-4-6/h1-3,6-7,15-17H,4-5,8-13H2;1-5,11-13H,6-9,16H2;1-4H2/t15-,16+,17-;11-,12+,13-;/m11./s1. The van der Waals surface area contributed by atoms with Crippen molar-refractivity contribution in [3.63, 3.8) is 0 Å². The quantitative estimate of drug-likeness (QED) is 0.179. The predicted molar refractivity (Wildman–Crippen MR) is 209 cm³/mol. The van der Waals surface area contributed by atoms with E-state index in [1.807, 2.05) is 60.7 Å². The van der Waals surface area contributed by atoms with Gasteiger partial charge in [-0.2, -0.15) is 0 Å². The number of nitrogens with zero attached hydrogens (tertiary/aromatic N) is 3. The first-order chi connectivity index (χ1) is 24.3. The average molecular weight is 913 g/mol. The van der Waals surface area contributed by atoms with Crippen molar-refractivity contribution in [1.29, 1.82) is 0 Å². The molecule has 12 heteroatoms. The molecule has 6 atom stereocenters. The van der Waals surface area contributed by atoms with Crippen LogP contribution in [0, 0.1) is 11.8 Å². The lowest BCUT2D eigenvalue weighted by molar-refractivity contribution is -0.161. The van der Waals surface area contributed by atoms with Crippen molar-refractivity contribution in [3.05, 3.63) is 71.8 Å². The van der Waals surface area contributed by atoms with Gasteiger partial charge in [-0.3, -0.25) is 24.1 Å². The Morgan fingerprint density at radius 3 is 1.56 bits per heavy atom. The van der Waals surface area contributed by atoms with Crippen LogP contribution in [0.5, 0.6) is 0 Å². The monoisotopic (exact) mass is 912 g/mol. The second kappa shape index (κ2) is 19.7. The largest absolute Gasteiger partial charge is 0.378 e. The summed E-state index contributed by atoms with van der Waals surface area (Å²) in [6.07, 6.45) is 5.84. The third-order valence-electron chi connectivity index (χ3n) is 10.4. The van der Waals surface area contributed by atoms with Gasteiger partial charge in [-0.05, 0) is 58.8 Å². The van der Waals surface area contributed by atoms with Crippen LogP contribution in [0.4, 0.5) is 0 Å². The summed E-state index contributed by atoms with van der Waals surface area (Å²) in [4.78, 5) is 54.8. The average Bonchev–Trinajstić information content (AvgIpc) is 3.68. The van der Waals surface area contributed by atoms with Gasteiger partial charge < -0.3 is 25.0 Å². The van der Waals surface area contributed by atoms with Crippen LogP contribution in [0.25, 0.3) is 0 Å². The number of piperidine rings is 2. The summed E-state index contributed by atoms with van der Waals surface area (Å²) in [5.41, 5.74) is 8.10. The Bertz CT molecular complexity index is 1410. The first kappa shape index (κ1) is 39.2. The van der Waals surface area contributed by atoms with Crippen LogP contribution in [0.2, 0.25) is 0 Å². The number of rotatable bonds is 8. The van der Waals surface area contributed by atoms with Crippen LogP contribution < -0.4 is 5.73 Å². The Morgan fingerprint density at radius 2 is 1.06 bits per heavy atom. The van der Waals surface area contributed by atoms with E-state index in [0.717, 1.165) is 24.2 Å². The Labute approximate surface area is 323 Å². The second-order valence-corrected chi connectivity index (χ2v) is 15.8. The number of halogens is 2. The van der Waals surface area contributed by atoms with Gasteiger partial charge in [0, 0.05) is 49.9 Å². The molecule has 5 fully saturated rings. The number of amides is 2. The minimum atomic E-state index is -0.409. The summed E-state index contributed by atoms with van der Waals surface area (Å²) < 4.78 is 14.0. The number of hydrogen-bond donors (Lipinski definition) is 1. The molecule has 0 aliphatic carbocycles. The first-order valence-corrected chi connectivity index (χ1v) is 20.9. The van der Waals surface area contributed by atoms with Gasteiger partial charge in [0.2, 0.25) is 11.6 Å². The van der Waals surface area contributed by atoms with E-state index < -0.39 is 5.91 Å². The van der Waals surface area contributed by atoms with E-state index in [1.165, 1.54) is 34.5 Å². The molecule has 7 rings (SSSR count). The molecule has 5 heterocycles. The number of ketones is 2. The number of fused-ring (bicyclic) bond motifs is 2. The van der Waals surface area contributed by atoms with Gasteiger partial charge in [0.1, 0.15) is 0 Å². The van der Waals surface area contributed by atoms with Gasteiger partial charge in [0.05, 0.1) is 38.5 Å². The Morgan fingerprint density at radius 1 is 0.620 bits per heavy atom. The number of unbranched alkanes of at least 4 members (excludes halogenated alkanes) is 1. The lowest BCUT2D eigenvalue weighted by atomic mass is 9.80. The summed E-state index contributed by atoms with van der Waals surface area (Å²) in [5.74, 6) is -1.11. The number of hydrogen-bond acceptors (Lipinski definition) is 8. The molecule has 0 saturated carbocycles. The number of Topliss-reactive ketones (excluding diaryl/α,β-unsaturated/α-hetero) is 2. The van der Waals surface area contributed by atoms with Gasteiger partial charge in [0.15, 0.2) is 0 Å². The maximum atomic E-state index is 12.5. The van der Waals surface area contributed by atoms with Crippen molar-refractivity contribution in [1.82, 2.24) is 14.7 Å². The maximum Gasteiger partial charge on any atom is 0.290 e. The Kier molecular flexibility index (Phi) is 15.5. The zero-order valence-electron chi connectivity index (χ0n) is 28.7. The molecule has 0 unspecified atom stereocenters.